The van der Waals surface area contributed by atoms with Crippen molar-refractivity contribution in [2.24, 2.45) is 11.3 Å². The third kappa shape index (κ3) is 3.78. The molecule has 1 unspecified atom stereocenters. The first-order chi connectivity index (χ1) is 11.6. The van der Waals surface area contributed by atoms with Crippen LogP contribution in [0.3, 0.4) is 0 Å². The van der Waals surface area contributed by atoms with Crippen molar-refractivity contribution in [3.05, 3.63) is 35.4 Å². The van der Waals surface area contributed by atoms with Gasteiger partial charge >= 0.3 is 5.97 Å². The van der Waals surface area contributed by atoms with E-state index in [0.29, 0.717) is 38.4 Å². The van der Waals surface area contributed by atoms with E-state index in [1.807, 2.05) is 6.07 Å². The summed E-state index contributed by atoms with van der Waals surface area (Å²) >= 11 is 0. The van der Waals surface area contributed by atoms with Crippen molar-refractivity contribution in [2.45, 2.75) is 38.5 Å². The molecule has 1 aromatic rings. The van der Waals surface area contributed by atoms with Crippen molar-refractivity contribution in [3.8, 4) is 0 Å². The van der Waals surface area contributed by atoms with E-state index >= 15 is 0 Å². The van der Waals surface area contributed by atoms with Gasteiger partial charge in [0.25, 0.3) is 0 Å². The molecular formula is C19H25NO4. The summed E-state index contributed by atoms with van der Waals surface area (Å²) in [5, 5.41) is 12.4. The van der Waals surface area contributed by atoms with E-state index in [0.717, 1.165) is 19.3 Å². The Morgan fingerprint density at radius 3 is 2.62 bits per heavy atom. The van der Waals surface area contributed by atoms with Gasteiger partial charge in [0.15, 0.2) is 0 Å². The van der Waals surface area contributed by atoms with E-state index in [2.05, 4.69) is 23.5 Å². The lowest BCUT2D eigenvalue weighted by Gasteiger charge is -2.33. The van der Waals surface area contributed by atoms with Gasteiger partial charge in [-0.1, -0.05) is 24.3 Å². The molecule has 1 amide bonds. The fourth-order valence-electron chi connectivity index (χ4n) is 3.78. The zero-order chi connectivity index (χ0) is 17.0. The van der Waals surface area contributed by atoms with E-state index in [9.17, 15) is 14.7 Å². The zero-order valence-corrected chi connectivity index (χ0v) is 13.9. The van der Waals surface area contributed by atoms with Crippen molar-refractivity contribution in [2.75, 3.05) is 19.8 Å². The first kappa shape index (κ1) is 17.0. The maximum Gasteiger partial charge on any atom is 0.311 e. The molecule has 0 spiro atoms. The molecule has 130 valence electrons. The van der Waals surface area contributed by atoms with Crippen LogP contribution in [-0.4, -0.2) is 36.7 Å². The standard InChI is InChI=1S/C19H25NO4/c21-17(20-13-19(18(22)23)7-9-24-10-8-19)12-14-5-6-15-3-1-2-4-16(15)11-14/h1-4,14H,5-13H2,(H,20,21)(H,22,23). The Bertz CT molecular complexity index is 607. The van der Waals surface area contributed by atoms with Gasteiger partial charge in [-0.2, -0.15) is 0 Å². The third-order valence-electron chi connectivity index (χ3n) is 5.45. The molecule has 2 aliphatic rings. The van der Waals surface area contributed by atoms with Crippen molar-refractivity contribution < 1.29 is 19.4 Å². The quantitative estimate of drug-likeness (QED) is 0.867. The number of carboxylic acid groups (broad SMARTS) is 1. The number of fused-ring (bicyclic) bond motifs is 1. The van der Waals surface area contributed by atoms with E-state index in [1.165, 1.54) is 11.1 Å². The van der Waals surface area contributed by atoms with Crippen LogP contribution in [0.2, 0.25) is 0 Å². The molecule has 1 heterocycles. The van der Waals surface area contributed by atoms with Crippen LogP contribution in [0.1, 0.15) is 36.8 Å². The highest BCUT2D eigenvalue weighted by Crippen LogP contribution is 2.31. The first-order valence-corrected chi connectivity index (χ1v) is 8.74. The number of carbonyl (C=O) groups is 2. The van der Waals surface area contributed by atoms with Gasteiger partial charge in [-0.3, -0.25) is 9.59 Å². The molecule has 1 atom stereocenters. The highest BCUT2D eigenvalue weighted by atomic mass is 16.5. The van der Waals surface area contributed by atoms with Crippen LogP contribution >= 0.6 is 0 Å². The molecule has 24 heavy (non-hydrogen) atoms. The van der Waals surface area contributed by atoms with Crippen LogP contribution in [0, 0.1) is 11.3 Å². The number of amides is 1. The normalized spacial score (nSPS) is 22.4. The Kier molecular flexibility index (Phi) is 5.19. The first-order valence-electron chi connectivity index (χ1n) is 8.74. The smallest absolute Gasteiger partial charge is 0.311 e. The average Bonchev–Trinajstić information content (AvgIpc) is 2.60. The summed E-state index contributed by atoms with van der Waals surface area (Å²) < 4.78 is 5.26. The van der Waals surface area contributed by atoms with Gasteiger partial charge < -0.3 is 15.2 Å². The monoisotopic (exact) mass is 331 g/mol. The second kappa shape index (κ2) is 7.34. The SMILES string of the molecule is O=C(CC1CCc2ccccc2C1)NCC1(C(=O)O)CCOCC1. The summed E-state index contributed by atoms with van der Waals surface area (Å²) in [6.07, 6.45) is 4.35. The van der Waals surface area contributed by atoms with E-state index in [4.69, 9.17) is 4.74 Å². The fraction of sp³-hybridized carbons (Fsp3) is 0.579. The van der Waals surface area contributed by atoms with E-state index in [1.54, 1.807) is 0 Å². The van der Waals surface area contributed by atoms with Crippen molar-refractivity contribution in [1.29, 1.82) is 0 Å². The zero-order valence-electron chi connectivity index (χ0n) is 13.9. The number of rotatable bonds is 5. The molecule has 1 fully saturated rings. The fourth-order valence-corrected chi connectivity index (χ4v) is 3.78. The Balaban J connectivity index is 1.52. The molecule has 0 saturated carbocycles. The number of hydrogen-bond donors (Lipinski definition) is 2. The molecule has 0 aromatic heterocycles. The molecule has 1 aromatic carbocycles. The van der Waals surface area contributed by atoms with Crippen LogP contribution in [0.15, 0.2) is 24.3 Å². The minimum atomic E-state index is -0.868. The predicted molar refractivity (Wildman–Crippen MR) is 89.7 cm³/mol. The highest BCUT2D eigenvalue weighted by Gasteiger charge is 2.40. The summed E-state index contributed by atoms with van der Waals surface area (Å²) in [6.45, 7) is 1.09. The summed E-state index contributed by atoms with van der Waals surface area (Å²) in [7, 11) is 0. The maximum absolute atomic E-state index is 12.3. The molecule has 5 heteroatoms. The van der Waals surface area contributed by atoms with Gasteiger partial charge in [0, 0.05) is 26.2 Å². The molecule has 2 N–H and O–H groups in total. The van der Waals surface area contributed by atoms with Crippen LogP contribution in [0.25, 0.3) is 0 Å². The Morgan fingerprint density at radius 2 is 1.92 bits per heavy atom. The number of hydrogen-bond acceptors (Lipinski definition) is 3. The van der Waals surface area contributed by atoms with Crippen molar-refractivity contribution >= 4 is 11.9 Å². The number of benzene rings is 1. The highest BCUT2D eigenvalue weighted by molar-refractivity contribution is 5.79. The molecule has 1 aliphatic heterocycles. The molecular weight excluding hydrogens is 306 g/mol. The average molecular weight is 331 g/mol. The lowest BCUT2D eigenvalue weighted by molar-refractivity contribution is -0.154. The summed E-state index contributed by atoms with van der Waals surface area (Å²) in [4.78, 5) is 23.9. The number of aryl methyl sites for hydroxylation is 1. The second-order valence-corrected chi connectivity index (χ2v) is 7.06. The molecule has 0 bridgehead atoms. The lowest BCUT2D eigenvalue weighted by Crippen LogP contribution is -2.46. The van der Waals surface area contributed by atoms with E-state index < -0.39 is 11.4 Å². The van der Waals surface area contributed by atoms with Gasteiger partial charge in [-0.15, -0.1) is 0 Å². The minimum absolute atomic E-state index is 0.0357. The van der Waals surface area contributed by atoms with Crippen LogP contribution in [0.5, 0.6) is 0 Å². The lowest BCUT2D eigenvalue weighted by atomic mass is 9.79. The molecule has 1 saturated heterocycles. The van der Waals surface area contributed by atoms with Gasteiger partial charge in [0.2, 0.25) is 5.91 Å². The number of aliphatic carboxylic acids is 1. The largest absolute Gasteiger partial charge is 0.481 e. The van der Waals surface area contributed by atoms with Crippen molar-refractivity contribution in [3.63, 3.8) is 0 Å². The number of carboxylic acids is 1. The Labute approximate surface area is 142 Å². The Morgan fingerprint density at radius 1 is 1.21 bits per heavy atom. The summed E-state index contributed by atoms with van der Waals surface area (Å²) in [6, 6.07) is 8.41. The summed E-state index contributed by atoms with van der Waals surface area (Å²) in [5.41, 5.74) is 1.86. The third-order valence-corrected chi connectivity index (χ3v) is 5.45. The van der Waals surface area contributed by atoms with Crippen molar-refractivity contribution in [1.82, 2.24) is 5.32 Å². The molecule has 3 rings (SSSR count). The molecule has 0 radical (unpaired) electrons. The van der Waals surface area contributed by atoms with Gasteiger partial charge in [0.05, 0.1) is 5.41 Å². The van der Waals surface area contributed by atoms with Crippen LogP contribution in [-0.2, 0) is 27.2 Å². The maximum atomic E-state index is 12.3. The van der Waals surface area contributed by atoms with E-state index in [-0.39, 0.29) is 12.5 Å². The number of nitrogens with one attached hydrogen (secondary N) is 1. The summed E-state index contributed by atoms with van der Waals surface area (Å²) in [5.74, 6) is -0.528. The predicted octanol–water partition coefficient (Wildman–Crippen LogP) is 2.18. The number of carbonyl (C=O) groups excluding carboxylic acids is 1. The van der Waals surface area contributed by atoms with Crippen LogP contribution in [0.4, 0.5) is 0 Å². The van der Waals surface area contributed by atoms with Gasteiger partial charge in [0.1, 0.15) is 0 Å². The van der Waals surface area contributed by atoms with Gasteiger partial charge in [-0.05, 0) is 49.1 Å². The number of ether oxygens (including phenoxy) is 1. The van der Waals surface area contributed by atoms with Gasteiger partial charge in [-0.25, -0.2) is 0 Å². The van der Waals surface area contributed by atoms with Crippen LogP contribution < -0.4 is 5.32 Å². The molecule has 1 aliphatic carbocycles. The second-order valence-electron chi connectivity index (χ2n) is 7.06. The minimum Gasteiger partial charge on any atom is -0.481 e. The Hall–Kier alpha value is -1.88. The topological polar surface area (TPSA) is 75.6 Å². The molecule has 5 nitrogen and oxygen atoms in total.